The number of rotatable bonds is 8. The van der Waals surface area contributed by atoms with E-state index in [1.807, 2.05) is 24.3 Å². The number of hydrogen-bond donors (Lipinski definition) is 2. The first-order valence-electron chi connectivity index (χ1n) is 15.6. The van der Waals surface area contributed by atoms with E-state index < -0.39 is 0 Å². The molecular formula is C34H36Cl2N2O6S2. The van der Waals surface area contributed by atoms with Gasteiger partial charge < -0.3 is 9.47 Å². The molecule has 8 nitrogen and oxygen atoms in total. The largest absolute Gasteiger partial charge is 0.492 e. The van der Waals surface area contributed by atoms with Crippen molar-refractivity contribution in [2.24, 2.45) is 11.8 Å². The van der Waals surface area contributed by atoms with Gasteiger partial charge in [-0.1, -0.05) is 86.0 Å². The van der Waals surface area contributed by atoms with Crippen molar-refractivity contribution < 1.29 is 28.7 Å². The molecule has 2 aliphatic carbocycles. The Kier molecular flexibility index (Phi) is 12.5. The van der Waals surface area contributed by atoms with Gasteiger partial charge in [-0.25, -0.2) is 0 Å². The number of amides is 4. The van der Waals surface area contributed by atoms with E-state index in [9.17, 15) is 19.2 Å². The molecule has 2 heterocycles. The van der Waals surface area contributed by atoms with Gasteiger partial charge in [-0.2, -0.15) is 0 Å². The lowest BCUT2D eigenvalue weighted by atomic mass is 9.90. The van der Waals surface area contributed by atoms with E-state index in [0.717, 1.165) is 23.5 Å². The molecule has 2 aliphatic heterocycles. The van der Waals surface area contributed by atoms with Gasteiger partial charge in [0.25, 0.3) is 22.3 Å². The highest BCUT2D eigenvalue weighted by Crippen LogP contribution is 2.35. The summed E-state index contributed by atoms with van der Waals surface area (Å²) in [6, 6.07) is 11.0. The zero-order valence-electron chi connectivity index (χ0n) is 25.3. The van der Waals surface area contributed by atoms with Crippen LogP contribution in [0.2, 0.25) is 10.0 Å². The molecule has 2 saturated carbocycles. The molecule has 244 valence electrons. The summed E-state index contributed by atoms with van der Waals surface area (Å²) in [6.07, 6.45) is 15.8. The van der Waals surface area contributed by atoms with Gasteiger partial charge >= 0.3 is 0 Å². The summed E-state index contributed by atoms with van der Waals surface area (Å²) >= 11 is 14.5. The molecular weight excluding hydrogens is 667 g/mol. The number of hydrogen-bond acceptors (Lipinski definition) is 8. The Labute approximate surface area is 287 Å². The van der Waals surface area contributed by atoms with Crippen LogP contribution in [-0.4, -0.2) is 35.5 Å². The first-order chi connectivity index (χ1) is 22.3. The molecule has 6 rings (SSSR count). The van der Waals surface area contributed by atoms with Gasteiger partial charge in [0.1, 0.15) is 11.5 Å². The minimum absolute atomic E-state index is 0.348. The van der Waals surface area contributed by atoms with Crippen LogP contribution in [0, 0.1) is 11.8 Å². The molecule has 0 radical (unpaired) electrons. The summed E-state index contributed by atoms with van der Waals surface area (Å²) in [5.41, 5.74) is 1.36. The van der Waals surface area contributed by atoms with Crippen molar-refractivity contribution in [3.8, 4) is 11.5 Å². The summed E-state index contributed by atoms with van der Waals surface area (Å²) < 4.78 is 11.8. The second-order valence-corrected chi connectivity index (χ2v) is 14.4. The van der Waals surface area contributed by atoms with Gasteiger partial charge in [0, 0.05) is 0 Å². The highest BCUT2D eigenvalue weighted by molar-refractivity contribution is 8.18. The van der Waals surface area contributed by atoms with Gasteiger partial charge in [-0.15, -0.1) is 0 Å². The Morgan fingerprint density at radius 3 is 1.37 bits per heavy atom. The smallest absolute Gasteiger partial charge is 0.290 e. The van der Waals surface area contributed by atoms with Crippen LogP contribution in [0.1, 0.15) is 75.3 Å². The zero-order chi connectivity index (χ0) is 32.5. The fraction of sp³-hybridized carbons (Fsp3) is 0.412. The van der Waals surface area contributed by atoms with Crippen molar-refractivity contribution >= 4 is 81.2 Å². The molecule has 2 aromatic carbocycles. The number of nitrogens with one attached hydrogen (secondary N) is 2. The Bertz CT molecular complexity index is 1420. The fourth-order valence-electron chi connectivity index (χ4n) is 5.75. The minimum atomic E-state index is -0.385. The lowest BCUT2D eigenvalue weighted by Crippen LogP contribution is -2.17. The van der Waals surface area contributed by atoms with Crippen molar-refractivity contribution in [2.45, 2.75) is 64.2 Å². The molecule has 46 heavy (non-hydrogen) atoms. The first kappa shape index (κ1) is 34.4. The monoisotopic (exact) mass is 702 g/mol. The average molecular weight is 704 g/mol. The van der Waals surface area contributed by atoms with E-state index in [0.29, 0.717) is 67.5 Å². The third-order valence-corrected chi connectivity index (χ3v) is 10.7. The maximum atomic E-state index is 11.6. The highest BCUT2D eigenvalue weighted by atomic mass is 35.5. The Hall–Kier alpha value is -2.92. The predicted octanol–water partition coefficient (Wildman–Crippen LogP) is 9.25. The number of imide groups is 2. The van der Waals surface area contributed by atoms with Gasteiger partial charge in [0.05, 0.1) is 33.1 Å². The number of ether oxygens (including phenoxy) is 2. The number of thioether (sulfide) groups is 2. The van der Waals surface area contributed by atoms with Gasteiger partial charge in [0.2, 0.25) is 0 Å². The second kappa shape index (κ2) is 16.8. The molecule has 4 fully saturated rings. The van der Waals surface area contributed by atoms with Gasteiger partial charge in [-0.3, -0.25) is 29.8 Å². The summed E-state index contributed by atoms with van der Waals surface area (Å²) in [5, 5.41) is 4.70. The van der Waals surface area contributed by atoms with Crippen LogP contribution in [-0.2, 0) is 9.59 Å². The number of carbonyl (C=O) groups is 4. The van der Waals surface area contributed by atoms with E-state index in [2.05, 4.69) is 10.6 Å². The topological polar surface area (TPSA) is 111 Å². The molecule has 2 saturated heterocycles. The van der Waals surface area contributed by atoms with E-state index in [-0.39, 0.29) is 22.3 Å². The maximum absolute atomic E-state index is 11.6. The van der Waals surface area contributed by atoms with Gasteiger partial charge in [-0.05, 0) is 96.5 Å². The molecule has 0 unspecified atom stereocenters. The quantitative estimate of drug-likeness (QED) is 0.262. The van der Waals surface area contributed by atoms with E-state index in [4.69, 9.17) is 32.7 Å². The van der Waals surface area contributed by atoms with E-state index in [1.54, 1.807) is 24.3 Å². The van der Waals surface area contributed by atoms with Crippen LogP contribution >= 0.6 is 46.7 Å². The van der Waals surface area contributed by atoms with Crippen LogP contribution in [0.3, 0.4) is 0 Å². The summed E-state index contributed by atoms with van der Waals surface area (Å²) in [6.45, 7) is 1.35. The number of carbonyl (C=O) groups excluding carboxylic acids is 4. The third kappa shape index (κ3) is 9.56. The summed E-state index contributed by atoms with van der Waals surface area (Å²) in [4.78, 5) is 46.4. The molecule has 4 amide bonds. The fourth-order valence-corrected chi connectivity index (χ4v) is 7.57. The SMILES string of the molecule is O=C1NC(=O)C(=Cc2cccc(OCC3CCCCC3)c2Cl)S1.O=C1NC(=O)C(=Cc2cccc(OCC3CCCCC3)c2Cl)S1. The summed E-state index contributed by atoms with van der Waals surface area (Å²) in [5.74, 6) is 1.67. The van der Waals surface area contributed by atoms with Crippen molar-refractivity contribution in [3.05, 3.63) is 67.4 Å². The predicted molar refractivity (Wildman–Crippen MR) is 185 cm³/mol. The maximum Gasteiger partial charge on any atom is 0.290 e. The zero-order valence-corrected chi connectivity index (χ0v) is 28.4. The second-order valence-electron chi connectivity index (χ2n) is 11.7. The Balaban J connectivity index is 0.000000181. The van der Waals surface area contributed by atoms with Gasteiger partial charge in [0.15, 0.2) is 0 Å². The lowest BCUT2D eigenvalue weighted by molar-refractivity contribution is -0.116. The highest BCUT2D eigenvalue weighted by Gasteiger charge is 2.27. The van der Waals surface area contributed by atoms with Crippen molar-refractivity contribution in [2.75, 3.05) is 13.2 Å². The molecule has 0 atom stereocenters. The van der Waals surface area contributed by atoms with Crippen LogP contribution in [0.5, 0.6) is 11.5 Å². The van der Waals surface area contributed by atoms with Crippen LogP contribution in [0.4, 0.5) is 9.59 Å². The van der Waals surface area contributed by atoms with Crippen LogP contribution in [0.25, 0.3) is 12.2 Å². The third-order valence-electron chi connectivity index (χ3n) is 8.24. The van der Waals surface area contributed by atoms with E-state index in [1.165, 1.54) is 64.2 Å². The van der Waals surface area contributed by atoms with Crippen LogP contribution < -0.4 is 20.1 Å². The molecule has 2 N–H and O–H groups in total. The first-order valence-corrected chi connectivity index (χ1v) is 18.0. The molecule has 0 aromatic heterocycles. The Morgan fingerprint density at radius 1 is 0.630 bits per heavy atom. The van der Waals surface area contributed by atoms with Crippen molar-refractivity contribution in [3.63, 3.8) is 0 Å². The standard InChI is InChI=1S/2C17H18ClNO3S/c2*18-15-12(9-14-16(20)19-17(21)23-14)7-4-8-13(15)22-10-11-5-2-1-3-6-11/h2*4,7-9,11H,1-3,5-6,10H2,(H,19,20,21). The molecule has 0 spiro atoms. The Morgan fingerprint density at radius 2 is 1.02 bits per heavy atom. The average Bonchev–Trinajstić information content (AvgIpc) is 3.55. The minimum Gasteiger partial charge on any atom is -0.492 e. The summed E-state index contributed by atoms with van der Waals surface area (Å²) in [7, 11) is 0. The number of benzene rings is 2. The van der Waals surface area contributed by atoms with Crippen molar-refractivity contribution in [1.29, 1.82) is 0 Å². The van der Waals surface area contributed by atoms with Crippen molar-refractivity contribution in [1.82, 2.24) is 10.6 Å². The van der Waals surface area contributed by atoms with Crippen LogP contribution in [0.15, 0.2) is 46.2 Å². The molecule has 0 bridgehead atoms. The number of halogens is 2. The normalized spacial score (nSPS) is 20.8. The molecule has 12 heteroatoms. The lowest BCUT2D eigenvalue weighted by Gasteiger charge is -2.22. The molecule has 4 aliphatic rings. The molecule has 2 aromatic rings. The van der Waals surface area contributed by atoms with E-state index >= 15 is 0 Å².